The fourth-order valence-corrected chi connectivity index (χ4v) is 2.23. The zero-order chi connectivity index (χ0) is 17.0. The molecule has 0 saturated heterocycles. The molecule has 122 valence electrons. The average molecular weight is 317 g/mol. The molecule has 2 rings (SSSR count). The maximum Gasteiger partial charge on any atom is 0.341 e. The van der Waals surface area contributed by atoms with E-state index in [-0.39, 0.29) is 12.5 Å². The van der Waals surface area contributed by atoms with Crippen LogP contribution in [0.3, 0.4) is 0 Å². The second kappa shape index (κ2) is 6.95. The minimum absolute atomic E-state index is 0.233. The second-order valence-electron chi connectivity index (χ2n) is 5.00. The van der Waals surface area contributed by atoms with Gasteiger partial charge in [0.05, 0.1) is 19.9 Å². The number of ether oxygens (including phenoxy) is 2. The van der Waals surface area contributed by atoms with Crippen molar-refractivity contribution >= 4 is 11.9 Å². The van der Waals surface area contributed by atoms with Crippen LogP contribution in [0.4, 0.5) is 0 Å². The molecule has 0 fully saturated rings. The number of benzene rings is 1. The van der Waals surface area contributed by atoms with E-state index in [2.05, 4.69) is 10.4 Å². The topological polar surface area (TPSA) is 82.5 Å². The Balaban J connectivity index is 2.13. The van der Waals surface area contributed by atoms with Crippen molar-refractivity contribution in [3.8, 4) is 5.75 Å². The van der Waals surface area contributed by atoms with Crippen LogP contribution in [-0.2, 0) is 18.3 Å². The number of rotatable bonds is 5. The Morgan fingerprint density at radius 2 is 2.00 bits per heavy atom. The molecule has 1 amide bonds. The first-order valence-electron chi connectivity index (χ1n) is 7.00. The summed E-state index contributed by atoms with van der Waals surface area (Å²) in [5.74, 6) is -0.296. The molecule has 23 heavy (non-hydrogen) atoms. The number of esters is 1. The van der Waals surface area contributed by atoms with Crippen LogP contribution in [-0.4, -0.2) is 35.9 Å². The van der Waals surface area contributed by atoms with E-state index in [1.807, 2.05) is 6.92 Å². The molecular formula is C16H19N3O4. The van der Waals surface area contributed by atoms with Crippen molar-refractivity contribution in [3.63, 3.8) is 0 Å². The zero-order valence-corrected chi connectivity index (χ0v) is 13.5. The van der Waals surface area contributed by atoms with E-state index >= 15 is 0 Å². The van der Waals surface area contributed by atoms with Gasteiger partial charge in [-0.05, 0) is 30.7 Å². The maximum atomic E-state index is 12.2. The molecule has 2 aromatic rings. The Morgan fingerprint density at radius 3 is 2.57 bits per heavy atom. The monoisotopic (exact) mass is 317 g/mol. The van der Waals surface area contributed by atoms with Gasteiger partial charge in [-0.15, -0.1) is 0 Å². The summed E-state index contributed by atoms with van der Waals surface area (Å²) in [4.78, 5) is 23.9. The van der Waals surface area contributed by atoms with Crippen LogP contribution in [0, 0.1) is 6.92 Å². The summed E-state index contributed by atoms with van der Waals surface area (Å²) >= 11 is 0. The lowest BCUT2D eigenvalue weighted by molar-refractivity contribution is 0.0597. The highest BCUT2D eigenvalue weighted by Gasteiger charge is 2.15. The largest absolute Gasteiger partial charge is 0.496 e. The highest BCUT2D eigenvalue weighted by molar-refractivity contribution is 5.93. The third kappa shape index (κ3) is 3.68. The van der Waals surface area contributed by atoms with Gasteiger partial charge in [0.1, 0.15) is 17.0 Å². The third-order valence-electron chi connectivity index (χ3n) is 3.36. The second-order valence-corrected chi connectivity index (χ2v) is 5.00. The first-order chi connectivity index (χ1) is 11.0. The minimum atomic E-state index is -0.489. The molecule has 0 radical (unpaired) electrons. The molecule has 0 saturated carbocycles. The Morgan fingerprint density at radius 1 is 1.26 bits per heavy atom. The molecule has 1 aromatic carbocycles. The van der Waals surface area contributed by atoms with Crippen LogP contribution in [0.15, 0.2) is 24.3 Å². The van der Waals surface area contributed by atoms with Gasteiger partial charge in [-0.3, -0.25) is 9.48 Å². The van der Waals surface area contributed by atoms with Crippen molar-refractivity contribution in [1.82, 2.24) is 15.1 Å². The molecule has 0 bridgehead atoms. The van der Waals surface area contributed by atoms with Crippen molar-refractivity contribution < 1.29 is 19.1 Å². The molecule has 7 nitrogen and oxygen atoms in total. The quantitative estimate of drug-likeness (QED) is 0.844. The highest BCUT2D eigenvalue weighted by atomic mass is 16.5. The van der Waals surface area contributed by atoms with Gasteiger partial charge < -0.3 is 14.8 Å². The van der Waals surface area contributed by atoms with E-state index in [0.717, 1.165) is 11.3 Å². The summed E-state index contributed by atoms with van der Waals surface area (Å²) < 4.78 is 11.4. The summed E-state index contributed by atoms with van der Waals surface area (Å²) in [5, 5.41) is 6.93. The number of carbonyl (C=O) groups excluding carboxylic acids is 2. The summed E-state index contributed by atoms with van der Waals surface area (Å²) in [5.41, 5.74) is 2.33. The molecule has 0 aliphatic heterocycles. The molecule has 1 aromatic heterocycles. The number of carbonyl (C=O) groups is 2. The molecule has 0 spiro atoms. The number of nitrogens with one attached hydrogen (secondary N) is 1. The molecule has 0 aliphatic rings. The molecule has 0 atom stereocenters. The average Bonchev–Trinajstić information content (AvgIpc) is 2.90. The molecular weight excluding hydrogens is 298 g/mol. The Hall–Kier alpha value is -2.83. The Labute approximate surface area is 134 Å². The predicted molar refractivity (Wildman–Crippen MR) is 83.4 cm³/mol. The number of amides is 1. The van der Waals surface area contributed by atoms with Gasteiger partial charge in [0, 0.05) is 13.6 Å². The van der Waals surface area contributed by atoms with Crippen LogP contribution >= 0.6 is 0 Å². The maximum absolute atomic E-state index is 12.2. The van der Waals surface area contributed by atoms with Gasteiger partial charge in [0.2, 0.25) is 0 Å². The molecule has 7 heteroatoms. The van der Waals surface area contributed by atoms with Crippen LogP contribution < -0.4 is 10.1 Å². The van der Waals surface area contributed by atoms with E-state index in [1.165, 1.54) is 18.9 Å². The van der Waals surface area contributed by atoms with E-state index in [0.29, 0.717) is 17.0 Å². The summed E-state index contributed by atoms with van der Waals surface area (Å²) in [6, 6.07) is 6.80. The summed E-state index contributed by atoms with van der Waals surface area (Å²) in [6.07, 6.45) is 0. The van der Waals surface area contributed by atoms with E-state index < -0.39 is 5.97 Å². The first kappa shape index (κ1) is 16.5. The Kier molecular flexibility index (Phi) is 5.00. The van der Waals surface area contributed by atoms with Crippen molar-refractivity contribution in [2.45, 2.75) is 13.5 Å². The van der Waals surface area contributed by atoms with Gasteiger partial charge >= 0.3 is 5.97 Å². The zero-order valence-electron chi connectivity index (χ0n) is 13.5. The normalized spacial score (nSPS) is 10.3. The predicted octanol–water partition coefficient (Wildman–Crippen LogP) is 1.45. The Bertz CT molecular complexity index is 737. The van der Waals surface area contributed by atoms with Gasteiger partial charge in [-0.1, -0.05) is 6.07 Å². The van der Waals surface area contributed by atoms with Crippen molar-refractivity contribution in [2.75, 3.05) is 14.2 Å². The van der Waals surface area contributed by atoms with Crippen molar-refractivity contribution in [2.24, 2.45) is 7.05 Å². The lowest BCUT2D eigenvalue weighted by Crippen LogP contribution is -2.25. The lowest BCUT2D eigenvalue weighted by atomic mass is 10.1. The number of hydrogen-bond donors (Lipinski definition) is 1. The first-order valence-corrected chi connectivity index (χ1v) is 7.00. The number of methoxy groups -OCH3 is 2. The lowest BCUT2D eigenvalue weighted by Gasteiger charge is -2.10. The number of aromatic nitrogens is 2. The van der Waals surface area contributed by atoms with Crippen LogP contribution in [0.2, 0.25) is 0 Å². The van der Waals surface area contributed by atoms with Crippen LogP contribution in [0.25, 0.3) is 0 Å². The van der Waals surface area contributed by atoms with Gasteiger partial charge in [0.15, 0.2) is 0 Å². The third-order valence-corrected chi connectivity index (χ3v) is 3.36. The van der Waals surface area contributed by atoms with Crippen molar-refractivity contribution in [1.29, 1.82) is 0 Å². The fraction of sp³-hybridized carbons (Fsp3) is 0.312. The van der Waals surface area contributed by atoms with Gasteiger partial charge in [0.25, 0.3) is 5.91 Å². The summed E-state index contributed by atoms with van der Waals surface area (Å²) in [7, 11) is 4.50. The molecule has 1 heterocycles. The highest BCUT2D eigenvalue weighted by Crippen LogP contribution is 2.20. The van der Waals surface area contributed by atoms with E-state index in [9.17, 15) is 9.59 Å². The van der Waals surface area contributed by atoms with Crippen molar-refractivity contribution in [3.05, 3.63) is 46.8 Å². The minimum Gasteiger partial charge on any atom is -0.496 e. The van der Waals surface area contributed by atoms with Gasteiger partial charge in [-0.2, -0.15) is 5.10 Å². The number of aryl methyl sites for hydroxylation is 2. The number of nitrogens with zero attached hydrogens (tertiary/aromatic N) is 2. The standard InChI is InChI=1S/C16H19N3O4/c1-10-7-13(19(2)18-10)15(20)17-9-11-5-6-14(22-3)12(8-11)16(21)23-4/h5-8H,9H2,1-4H3,(H,17,20). The number of hydrogen-bond acceptors (Lipinski definition) is 5. The SMILES string of the molecule is COC(=O)c1cc(CNC(=O)c2cc(C)nn2C)ccc1OC. The smallest absolute Gasteiger partial charge is 0.341 e. The summed E-state index contributed by atoms with van der Waals surface area (Å²) in [6.45, 7) is 2.10. The van der Waals surface area contributed by atoms with Crippen LogP contribution in [0.1, 0.15) is 32.1 Å². The molecule has 1 N–H and O–H groups in total. The molecule has 0 unspecified atom stereocenters. The fourth-order valence-electron chi connectivity index (χ4n) is 2.23. The van der Waals surface area contributed by atoms with E-state index in [1.54, 1.807) is 31.3 Å². The van der Waals surface area contributed by atoms with Crippen LogP contribution in [0.5, 0.6) is 5.75 Å². The van der Waals surface area contributed by atoms with E-state index in [4.69, 9.17) is 9.47 Å². The molecule has 0 aliphatic carbocycles. The van der Waals surface area contributed by atoms with Gasteiger partial charge in [-0.25, -0.2) is 4.79 Å².